The van der Waals surface area contributed by atoms with Crippen LogP contribution in [0.5, 0.6) is 0 Å². The zero-order chi connectivity index (χ0) is 20.3. The van der Waals surface area contributed by atoms with E-state index in [2.05, 4.69) is 10.6 Å². The summed E-state index contributed by atoms with van der Waals surface area (Å²) in [7, 11) is -3.92. The van der Waals surface area contributed by atoms with Gasteiger partial charge in [0.05, 0.1) is 16.4 Å². The van der Waals surface area contributed by atoms with Gasteiger partial charge in [-0.1, -0.05) is 6.07 Å². The molecule has 28 heavy (non-hydrogen) atoms. The maximum atomic E-state index is 12.7. The van der Waals surface area contributed by atoms with Crippen molar-refractivity contribution in [2.24, 2.45) is 0 Å². The Morgan fingerprint density at radius 3 is 2.54 bits per heavy atom. The first-order valence-corrected chi connectivity index (χ1v) is 9.64. The minimum atomic E-state index is -3.92. The fraction of sp³-hybridized carbons (Fsp3) is 0.176. The van der Waals surface area contributed by atoms with Crippen molar-refractivity contribution in [2.75, 3.05) is 25.0 Å². The third-order valence-corrected chi connectivity index (χ3v) is 5.91. The number of nitro benzene ring substituents is 1. The van der Waals surface area contributed by atoms with E-state index in [1.54, 1.807) is 0 Å². The van der Waals surface area contributed by atoms with Crippen LogP contribution in [0.3, 0.4) is 0 Å². The summed E-state index contributed by atoms with van der Waals surface area (Å²) in [5.41, 5.74) is 0.314. The Balaban J connectivity index is 1.79. The lowest BCUT2D eigenvalue weighted by Gasteiger charge is -2.26. The van der Waals surface area contributed by atoms with Gasteiger partial charge in [-0.2, -0.15) is 4.31 Å². The number of anilines is 1. The van der Waals surface area contributed by atoms with Crippen LogP contribution in [0.25, 0.3) is 0 Å². The van der Waals surface area contributed by atoms with Gasteiger partial charge in [-0.25, -0.2) is 8.42 Å². The SMILES string of the molecule is O=C1CN(S(=O)(=O)c2cccc(C(=O)Nc3ccc([N+](=O)[O-])cc3)c2)CCN1. The van der Waals surface area contributed by atoms with Gasteiger partial charge in [-0.3, -0.25) is 19.7 Å². The van der Waals surface area contributed by atoms with E-state index in [9.17, 15) is 28.1 Å². The zero-order valence-electron chi connectivity index (χ0n) is 14.5. The molecule has 0 radical (unpaired) electrons. The average Bonchev–Trinajstić information content (AvgIpc) is 2.68. The number of nitro groups is 1. The predicted octanol–water partition coefficient (Wildman–Crippen LogP) is 0.968. The molecule has 0 bridgehead atoms. The summed E-state index contributed by atoms with van der Waals surface area (Å²) in [5.74, 6) is -0.954. The molecule has 1 fully saturated rings. The maximum absolute atomic E-state index is 12.7. The lowest BCUT2D eigenvalue weighted by atomic mass is 10.2. The van der Waals surface area contributed by atoms with E-state index in [0.717, 1.165) is 4.31 Å². The first-order chi connectivity index (χ1) is 13.3. The molecule has 0 unspecified atom stereocenters. The van der Waals surface area contributed by atoms with Crippen molar-refractivity contribution in [3.05, 3.63) is 64.2 Å². The van der Waals surface area contributed by atoms with E-state index in [-0.39, 0.29) is 41.7 Å². The molecule has 1 saturated heterocycles. The fourth-order valence-corrected chi connectivity index (χ4v) is 4.08. The number of rotatable bonds is 5. The number of carbonyl (C=O) groups excluding carboxylic acids is 2. The molecule has 0 spiro atoms. The van der Waals surface area contributed by atoms with Crippen LogP contribution in [0.2, 0.25) is 0 Å². The summed E-state index contributed by atoms with van der Waals surface area (Å²) in [6, 6.07) is 10.7. The molecule has 1 aliphatic heterocycles. The quantitative estimate of drug-likeness (QED) is 0.562. The summed E-state index contributed by atoms with van der Waals surface area (Å²) >= 11 is 0. The van der Waals surface area contributed by atoms with Gasteiger partial charge >= 0.3 is 0 Å². The second-order valence-electron chi connectivity index (χ2n) is 5.97. The molecular formula is C17H16N4O6S. The fourth-order valence-electron chi connectivity index (χ4n) is 2.64. The number of carbonyl (C=O) groups is 2. The highest BCUT2D eigenvalue weighted by molar-refractivity contribution is 7.89. The number of amides is 2. The molecular weight excluding hydrogens is 388 g/mol. The van der Waals surface area contributed by atoms with E-state index < -0.39 is 20.9 Å². The Hall–Kier alpha value is -3.31. The van der Waals surface area contributed by atoms with E-state index in [4.69, 9.17) is 0 Å². The Bertz CT molecular complexity index is 1040. The van der Waals surface area contributed by atoms with Crippen LogP contribution in [0.4, 0.5) is 11.4 Å². The number of nitrogens with zero attached hydrogens (tertiary/aromatic N) is 2. The standard InChI is InChI=1S/C17H16N4O6S/c22-16-11-20(9-8-18-16)28(26,27)15-3-1-2-12(10-15)17(23)19-13-4-6-14(7-5-13)21(24)25/h1-7,10H,8-9,11H2,(H,18,22)(H,19,23). The predicted molar refractivity (Wildman–Crippen MR) is 99.3 cm³/mol. The van der Waals surface area contributed by atoms with Crippen molar-refractivity contribution in [1.82, 2.24) is 9.62 Å². The molecule has 3 rings (SSSR count). The highest BCUT2D eigenvalue weighted by atomic mass is 32.2. The van der Waals surface area contributed by atoms with E-state index in [0.29, 0.717) is 5.69 Å². The number of hydrogen-bond donors (Lipinski definition) is 2. The van der Waals surface area contributed by atoms with Crippen molar-refractivity contribution in [1.29, 1.82) is 0 Å². The van der Waals surface area contributed by atoms with Gasteiger partial charge in [-0.15, -0.1) is 0 Å². The average molecular weight is 404 g/mol. The van der Waals surface area contributed by atoms with Crippen LogP contribution < -0.4 is 10.6 Å². The first kappa shape index (κ1) is 19.5. The van der Waals surface area contributed by atoms with Crippen molar-refractivity contribution >= 4 is 33.2 Å². The monoisotopic (exact) mass is 404 g/mol. The summed E-state index contributed by atoms with van der Waals surface area (Å²) in [5, 5.41) is 15.8. The first-order valence-electron chi connectivity index (χ1n) is 8.20. The molecule has 0 aliphatic carbocycles. The lowest BCUT2D eigenvalue weighted by Crippen LogP contribution is -2.49. The summed E-state index contributed by atoms with van der Waals surface area (Å²) in [6.07, 6.45) is 0. The van der Waals surface area contributed by atoms with Crippen LogP contribution in [-0.4, -0.2) is 49.1 Å². The van der Waals surface area contributed by atoms with Crippen LogP contribution >= 0.6 is 0 Å². The molecule has 0 saturated carbocycles. The van der Waals surface area contributed by atoms with Crippen LogP contribution in [0.15, 0.2) is 53.4 Å². The van der Waals surface area contributed by atoms with Gasteiger partial charge < -0.3 is 10.6 Å². The molecule has 10 nitrogen and oxygen atoms in total. The Morgan fingerprint density at radius 2 is 1.89 bits per heavy atom. The van der Waals surface area contributed by atoms with Gasteiger partial charge in [0.15, 0.2) is 0 Å². The minimum absolute atomic E-state index is 0.0980. The number of piperazine rings is 1. The van der Waals surface area contributed by atoms with Gasteiger partial charge in [0, 0.05) is 36.5 Å². The van der Waals surface area contributed by atoms with Gasteiger partial charge in [-0.05, 0) is 30.3 Å². The highest BCUT2D eigenvalue weighted by Crippen LogP contribution is 2.20. The zero-order valence-corrected chi connectivity index (χ0v) is 15.3. The van der Waals surface area contributed by atoms with Gasteiger partial charge in [0.25, 0.3) is 11.6 Å². The van der Waals surface area contributed by atoms with Gasteiger partial charge in [0.1, 0.15) is 0 Å². The van der Waals surface area contributed by atoms with Crippen molar-refractivity contribution in [3.8, 4) is 0 Å². The number of non-ortho nitro benzene ring substituents is 1. The highest BCUT2D eigenvalue weighted by Gasteiger charge is 2.29. The number of benzene rings is 2. The third-order valence-electron chi connectivity index (χ3n) is 4.07. The van der Waals surface area contributed by atoms with Crippen LogP contribution in [0.1, 0.15) is 10.4 Å². The summed E-state index contributed by atoms with van der Waals surface area (Å²) in [6.45, 7) is 0.0905. The van der Waals surface area contributed by atoms with Crippen molar-refractivity contribution in [3.63, 3.8) is 0 Å². The molecule has 2 aromatic rings. The van der Waals surface area contributed by atoms with Crippen LogP contribution in [0, 0.1) is 10.1 Å². The second-order valence-corrected chi connectivity index (χ2v) is 7.91. The number of nitrogens with one attached hydrogen (secondary N) is 2. The molecule has 0 atom stereocenters. The van der Waals surface area contributed by atoms with E-state index in [1.807, 2.05) is 0 Å². The van der Waals surface area contributed by atoms with Crippen molar-refractivity contribution < 1.29 is 22.9 Å². The van der Waals surface area contributed by atoms with Crippen LogP contribution in [-0.2, 0) is 14.8 Å². The number of hydrogen-bond acceptors (Lipinski definition) is 6. The normalized spacial score (nSPS) is 14.9. The Labute approximate surface area is 160 Å². The molecule has 2 N–H and O–H groups in total. The Kier molecular flexibility index (Phi) is 5.38. The summed E-state index contributed by atoms with van der Waals surface area (Å²) < 4.78 is 26.5. The van der Waals surface area contributed by atoms with Crippen molar-refractivity contribution in [2.45, 2.75) is 4.90 Å². The molecule has 2 aromatic carbocycles. The molecule has 2 amide bonds. The molecule has 1 heterocycles. The second kappa shape index (κ2) is 7.74. The third kappa shape index (κ3) is 4.15. The molecule has 1 aliphatic rings. The summed E-state index contributed by atoms with van der Waals surface area (Å²) in [4.78, 5) is 33.9. The maximum Gasteiger partial charge on any atom is 0.269 e. The molecule has 11 heteroatoms. The molecule has 146 valence electrons. The molecule has 0 aromatic heterocycles. The number of sulfonamides is 1. The smallest absolute Gasteiger partial charge is 0.269 e. The largest absolute Gasteiger partial charge is 0.354 e. The topological polar surface area (TPSA) is 139 Å². The van der Waals surface area contributed by atoms with Gasteiger partial charge in [0.2, 0.25) is 15.9 Å². The minimum Gasteiger partial charge on any atom is -0.354 e. The Morgan fingerprint density at radius 1 is 1.18 bits per heavy atom. The van der Waals surface area contributed by atoms with E-state index >= 15 is 0 Å². The lowest BCUT2D eigenvalue weighted by molar-refractivity contribution is -0.384. The van der Waals surface area contributed by atoms with E-state index in [1.165, 1.54) is 48.5 Å².